The highest BCUT2D eigenvalue weighted by Crippen LogP contribution is 2.12. The topological polar surface area (TPSA) is 46.6 Å². The molecule has 0 atom stereocenters. The number of carbonyl (C=O) groups is 2. The van der Waals surface area contributed by atoms with Gasteiger partial charge in [-0.25, -0.2) is 13.6 Å². The van der Waals surface area contributed by atoms with E-state index >= 15 is 0 Å². The Labute approximate surface area is 95.8 Å². The Morgan fingerprint density at radius 2 is 2.18 bits per heavy atom. The number of ether oxygens (including phenoxy) is 1. The third-order valence-corrected chi connectivity index (χ3v) is 2.41. The van der Waals surface area contributed by atoms with Gasteiger partial charge in [0, 0.05) is 0 Å². The van der Waals surface area contributed by atoms with Gasteiger partial charge in [-0.3, -0.25) is 9.69 Å². The molecule has 6 heteroatoms. The van der Waals surface area contributed by atoms with Crippen molar-refractivity contribution in [1.82, 2.24) is 4.90 Å². The van der Waals surface area contributed by atoms with Crippen molar-refractivity contribution in [2.24, 2.45) is 0 Å². The third-order valence-electron chi connectivity index (χ3n) is 2.41. The second-order valence-corrected chi connectivity index (χ2v) is 3.58. The highest BCUT2D eigenvalue weighted by Gasteiger charge is 2.25. The van der Waals surface area contributed by atoms with Crippen LogP contribution in [-0.2, 0) is 4.74 Å². The van der Waals surface area contributed by atoms with Crippen molar-refractivity contribution >= 4 is 11.9 Å². The van der Waals surface area contributed by atoms with Crippen molar-refractivity contribution in [3.63, 3.8) is 0 Å². The summed E-state index contributed by atoms with van der Waals surface area (Å²) in [7, 11) is 0. The molecule has 1 amide bonds. The monoisotopic (exact) mass is 241 g/mol. The summed E-state index contributed by atoms with van der Waals surface area (Å²) in [6.07, 6.45) is -0.616. The lowest BCUT2D eigenvalue weighted by Gasteiger charge is -2.11. The molecule has 1 saturated heterocycles. The lowest BCUT2D eigenvalue weighted by molar-refractivity contribution is 0.0939. The van der Waals surface area contributed by atoms with Crippen molar-refractivity contribution in [2.45, 2.75) is 0 Å². The number of hydrogen-bond donors (Lipinski definition) is 0. The molecule has 0 unspecified atom stereocenters. The molecular weight excluding hydrogens is 232 g/mol. The van der Waals surface area contributed by atoms with Gasteiger partial charge in [-0.2, -0.15) is 0 Å². The van der Waals surface area contributed by atoms with Crippen LogP contribution in [0.4, 0.5) is 13.6 Å². The predicted molar refractivity (Wildman–Crippen MR) is 53.6 cm³/mol. The smallest absolute Gasteiger partial charge is 0.410 e. The van der Waals surface area contributed by atoms with Crippen LogP contribution in [0.1, 0.15) is 10.4 Å². The number of hydrogen-bond acceptors (Lipinski definition) is 3. The van der Waals surface area contributed by atoms with Gasteiger partial charge in [0.25, 0.3) is 0 Å². The molecule has 4 nitrogen and oxygen atoms in total. The summed E-state index contributed by atoms with van der Waals surface area (Å²) < 4.78 is 30.8. The van der Waals surface area contributed by atoms with Crippen molar-refractivity contribution in [1.29, 1.82) is 0 Å². The van der Waals surface area contributed by atoms with E-state index in [2.05, 4.69) is 4.74 Å². The fraction of sp³-hybridized carbons (Fsp3) is 0.273. The van der Waals surface area contributed by atoms with Crippen molar-refractivity contribution in [3.8, 4) is 0 Å². The number of cyclic esters (lactones) is 1. The van der Waals surface area contributed by atoms with E-state index in [-0.39, 0.29) is 25.3 Å². The summed E-state index contributed by atoms with van der Waals surface area (Å²) in [4.78, 5) is 23.9. The minimum atomic E-state index is -0.802. The van der Waals surface area contributed by atoms with Gasteiger partial charge in [0.2, 0.25) is 0 Å². The fourth-order valence-corrected chi connectivity index (χ4v) is 1.54. The second-order valence-electron chi connectivity index (χ2n) is 3.58. The molecule has 0 aliphatic carbocycles. The average molecular weight is 241 g/mol. The fourth-order valence-electron chi connectivity index (χ4n) is 1.54. The third kappa shape index (κ3) is 2.41. The van der Waals surface area contributed by atoms with Crippen LogP contribution in [-0.4, -0.2) is 36.5 Å². The molecule has 1 aliphatic rings. The second kappa shape index (κ2) is 4.48. The molecule has 0 aromatic heterocycles. The summed E-state index contributed by atoms with van der Waals surface area (Å²) in [6, 6.07) is 2.63. The van der Waals surface area contributed by atoms with Crippen molar-refractivity contribution in [2.75, 3.05) is 19.7 Å². The van der Waals surface area contributed by atoms with Crippen LogP contribution in [0.15, 0.2) is 18.2 Å². The molecule has 17 heavy (non-hydrogen) atoms. The zero-order valence-corrected chi connectivity index (χ0v) is 8.78. The van der Waals surface area contributed by atoms with Gasteiger partial charge in [0.1, 0.15) is 18.2 Å². The Morgan fingerprint density at radius 1 is 1.41 bits per heavy atom. The van der Waals surface area contributed by atoms with Crippen LogP contribution in [0.3, 0.4) is 0 Å². The van der Waals surface area contributed by atoms with Gasteiger partial charge < -0.3 is 4.74 Å². The van der Waals surface area contributed by atoms with E-state index in [9.17, 15) is 18.4 Å². The minimum Gasteiger partial charge on any atom is -0.448 e. The van der Waals surface area contributed by atoms with E-state index in [4.69, 9.17) is 0 Å². The summed E-state index contributed by atoms with van der Waals surface area (Å²) in [5.74, 6) is -2.15. The molecule has 1 aromatic rings. The number of benzene rings is 1. The summed E-state index contributed by atoms with van der Waals surface area (Å²) in [5.41, 5.74) is -0.357. The van der Waals surface area contributed by atoms with Gasteiger partial charge in [-0.1, -0.05) is 0 Å². The summed E-state index contributed by atoms with van der Waals surface area (Å²) >= 11 is 0. The number of rotatable bonds is 3. The van der Waals surface area contributed by atoms with Gasteiger partial charge in [0.05, 0.1) is 18.7 Å². The molecule has 1 aromatic carbocycles. The molecule has 1 heterocycles. The zero-order valence-electron chi connectivity index (χ0n) is 8.78. The minimum absolute atomic E-state index is 0.206. The lowest BCUT2D eigenvalue weighted by Crippen LogP contribution is -2.31. The molecule has 0 bridgehead atoms. The molecule has 0 radical (unpaired) electrons. The Bertz CT molecular complexity index is 476. The highest BCUT2D eigenvalue weighted by molar-refractivity contribution is 5.99. The largest absolute Gasteiger partial charge is 0.448 e. The molecule has 1 aliphatic heterocycles. The number of carbonyl (C=O) groups excluding carboxylic acids is 2. The number of halogens is 2. The number of ketones is 1. The predicted octanol–water partition coefficient (Wildman–Crippen LogP) is 1.60. The lowest BCUT2D eigenvalue weighted by atomic mass is 10.1. The van der Waals surface area contributed by atoms with Crippen LogP contribution in [0.2, 0.25) is 0 Å². The van der Waals surface area contributed by atoms with Gasteiger partial charge >= 0.3 is 6.09 Å². The Kier molecular flexibility index (Phi) is 3.03. The van der Waals surface area contributed by atoms with Gasteiger partial charge in [-0.15, -0.1) is 0 Å². The number of amides is 1. The first kappa shape index (κ1) is 11.5. The van der Waals surface area contributed by atoms with E-state index in [1.54, 1.807) is 0 Å². The van der Waals surface area contributed by atoms with Crippen molar-refractivity contribution in [3.05, 3.63) is 35.4 Å². The average Bonchev–Trinajstić information content (AvgIpc) is 2.68. The molecule has 0 saturated carbocycles. The van der Waals surface area contributed by atoms with Crippen LogP contribution in [0.5, 0.6) is 0 Å². The first-order chi connectivity index (χ1) is 8.08. The van der Waals surface area contributed by atoms with Gasteiger partial charge in [0.15, 0.2) is 5.78 Å². The van der Waals surface area contributed by atoms with Gasteiger partial charge in [-0.05, 0) is 18.2 Å². The summed E-state index contributed by atoms with van der Waals surface area (Å²) in [6.45, 7) is 0.179. The quantitative estimate of drug-likeness (QED) is 0.755. The van der Waals surface area contributed by atoms with Crippen LogP contribution < -0.4 is 0 Å². The van der Waals surface area contributed by atoms with E-state index in [0.29, 0.717) is 0 Å². The van der Waals surface area contributed by atoms with E-state index < -0.39 is 23.5 Å². The standard InChI is InChI=1S/C11H9F2NO3/c12-7-1-2-9(13)8(5-7)10(15)6-14-3-4-17-11(14)16/h1-2,5H,3-4,6H2. The highest BCUT2D eigenvalue weighted by atomic mass is 19.1. The summed E-state index contributed by atoms with van der Waals surface area (Å²) in [5, 5.41) is 0. The van der Waals surface area contributed by atoms with Crippen LogP contribution in [0.25, 0.3) is 0 Å². The maximum Gasteiger partial charge on any atom is 0.410 e. The maximum atomic E-state index is 13.3. The van der Waals surface area contributed by atoms with Crippen molar-refractivity contribution < 1.29 is 23.1 Å². The number of nitrogens with zero attached hydrogens (tertiary/aromatic N) is 1. The molecule has 0 N–H and O–H groups in total. The van der Waals surface area contributed by atoms with Crippen LogP contribution >= 0.6 is 0 Å². The Hall–Kier alpha value is -1.98. The molecule has 90 valence electrons. The molecule has 2 rings (SSSR count). The Morgan fingerprint density at radius 3 is 2.82 bits per heavy atom. The Balaban J connectivity index is 2.14. The van der Waals surface area contributed by atoms with E-state index in [1.807, 2.05) is 0 Å². The molecule has 0 spiro atoms. The first-order valence-corrected chi connectivity index (χ1v) is 4.98. The maximum absolute atomic E-state index is 13.3. The molecule has 1 fully saturated rings. The van der Waals surface area contributed by atoms with E-state index in [1.165, 1.54) is 0 Å². The first-order valence-electron chi connectivity index (χ1n) is 4.98. The molecular formula is C11H9F2NO3. The van der Waals surface area contributed by atoms with Crippen LogP contribution in [0, 0.1) is 11.6 Å². The number of Topliss-reactive ketones (excluding diaryl/α,β-unsaturated/α-hetero) is 1. The zero-order chi connectivity index (χ0) is 12.4. The SMILES string of the molecule is O=C(CN1CCOC1=O)c1cc(F)ccc1F. The van der Waals surface area contributed by atoms with E-state index in [0.717, 1.165) is 23.1 Å². The normalized spacial score (nSPS) is 14.9.